The summed E-state index contributed by atoms with van der Waals surface area (Å²) in [5, 5.41) is 13.0. The summed E-state index contributed by atoms with van der Waals surface area (Å²) in [6, 6.07) is 1.50. The number of aromatic nitrogens is 3. The average molecular weight is 238 g/mol. The quantitative estimate of drug-likeness (QED) is 0.751. The third-order valence-corrected chi connectivity index (χ3v) is 3.24. The summed E-state index contributed by atoms with van der Waals surface area (Å²) in [5.74, 6) is 0. The monoisotopic (exact) mass is 238 g/mol. The van der Waals surface area contributed by atoms with E-state index in [2.05, 4.69) is 10.1 Å². The number of likely N-dealkylation sites (tertiary alicyclic amines) is 1. The van der Waals surface area contributed by atoms with Crippen LogP contribution in [0.1, 0.15) is 5.69 Å². The summed E-state index contributed by atoms with van der Waals surface area (Å²) in [7, 11) is 0. The molecule has 1 aliphatic heterocycles. The van der Waals surface area contributed by atoms with Gasteiger partial charge in [0.1, 0.15) is 5.51 Å². The van der Waals surface area contributed by atoms with Gasteiger partial charge in [-0.3, -0.25) is 9.69 Å². The highest BCUT2D eigenvalue weighted by Gasteiger charge is 2.24. The van der Waals surface area contributed by atoms with Crippen molar-refractivity contribution < 1.29 is 5.11 Å². The van der Waals surface area contributed by atoms with E-state index in [0.717, 1.165) is 5.69 Å². The molecule has 1 saturated heterocycles. The zero-order valence-corrected chi connectivity index (χ0v) is 9.22. The van der Waals surface area contributed by atoms with Crippen molar-refractivity contribution in [2.75, 3.05) is 13.1 Å². The molecule has 1 aliphatic rings. The number of aliphatic hydroxyl groups excluding tert-OH is 1. The van der Waals surface area contributed by atoms with Crippen molar-refractivity contribution in [3.8, 4) is 0 Å². The molecule has 0 aliphatic carbocycles. The summed E-state index contributed by atoms with van der Waals surface area (Å²) in [5.41, 5.74) is 2.18. The minimum absolute atomic E-state index is 0.151. The molecular weight excluding hydrogens is 228 g/mol. The smallest absolute Gasteiger partial charge is 0.275 e. The molecule has 1 N–H and O–H groups in total. The predicted octanol–water partition coefficient (Wildman–Crippen LogP) is -0.673. The molecule has 3 heterocycles. The first kappa shape index (κ1) is 9.88. The normalized spacial score (nSPS) is 17.8. The molecule has 0 spiro atoms. The van der Waals surface area contributed by atoms with Crippen LogP contribution < -0.4 is 5.56 Å². The lowest BCUT2D eigenvalue weighted by molar-refractivity contribution is -0.00352. The van der Waals surface area contributed by atoms with Gasteiger partial charge in [0.2, 0.25) is 4.96 Å². The Kier molecular flexibility index (Phi) is 2.23. The Labute approximate surface area is 94.8 Å². The lowest BCUT2D eigenvalue weighted by Gasteiger charge is -2.35. The van der Waals surface area contributed by atoms with Crippen LogP contribution >= 0.6 is 11.3 Å². The van der Waals surface area contributed by atoms with Gasteiger partial charge in [0.05, 0.1) is 11.8 Å². The molecule has 0 saturated carbocycles. The van der Waals surface area contributed by atoms with Gasteiger partial charge in [0.25, 0.3) is 5.56 Å². The van der Waals surface area contributed by atoms with Gasteiger partial charge < -0.3 is 5.11 Å². The van der Waals surface area contributed by atoms with E-state index in [9.17, 15) is 4.79 Å². The Hall–Kier alpha value is -1.31. The SMILES string of the molecule is O=c1cc(CN2CC(O)C2)nc2scnn12. The molecule has 0 aromatic carbocycles. The number of aliphatic hydroxyl groups is 1. The van der Waals surface area contributed by atoms with Crippen molar-refractivity contribution in [3.63, 3.8) is 0 Å². The van der Waals surface area contributed by atoms with Gasteiger partial charge in [-0.15, -0.1) is 0 Å². The molecule has 0 unspecified atom stereocenters. The molecule has 84 valence electrons. The molecule has 2 aromatic rings. The molecule has 3 rings (SSSR count). The van der Waals surface area contributed by atoms with Crippen LogP contribution in [0.5, 0.6) is 0 Å². The van der Waals surface area contributed by atoms with Gasteiger partial charge in [-0.05, 0) is 0 Å². The van der Waals surface area contributed by atoms with Crippen molar-refractivity contribution in [1.29, 1.82) is 0 Å². The highest BCUT2D eigenvalue weighted by molar-refractivity contribution is 7.14. The number of β-amino-alcohol motifs (C(OH)–C–C–N with tert-alkyl or cyclic N) is 1. The van der Waals surface area contributed by atoms with E-state index >= 15 is 0 Å². The molecular formula is C9H10N4O2S. The maximum Gasteiger partial charge on any atom is 0.275 e. The minimum Gasteiger partial charge on any atom is -0.390 e. The van der Waals surface area contributed by atoms with Crippen LogP contribution in [-0.2, 0) is 6.54 Å². The number of hydrogen-bond donors (Lipinski definition) is 1. The number of nitrogens with zero attached hydrogens (tertiary/aromatic N) is 4. The second-order valence-corrected chi connectivity index (χ2v) is 4.68. The Bertz CT molecular complexity index is 572. The molecule has 6 nitrogen and oxygen atoms in total. The third-order valence-electron chi connectivity index (χ3n) is 2.56. The van der Waals surface area contributed by atoms with Crippen molar-refractivity contribution in [1.82, 2.24) is 19.5 Å². The van der Waals surface area contributed by atoms with Crippen LogP contribution in [0.15, 0.2) is 16.4 Å². The first-order valence-corrected chi connectivity index (χ1v) is 5.83. The lowest BCUT2D eigenvalue weighted by atomic mass is 10.1. The molecule has 0 radical (unpaired) electrons. The molecule has 0 bridgehead atoms. The van der Waals surface area contributed by atoms with Gasteiger partial charge in [-0.2, -0.15) is 9.61 Å². The van der Waals surface area contributed by atoms with Gasteiger partial charge in [0.15, 0.2) is 0 Å². The largest absolute Gasteiger partial charge is 0.390 e. The van der Waals surface area contributed by atoms with E-state index in [1.165, 1.54) is 21.9 Å². The van der Waals surface area contributed by atoms with E-state index in [1.54, 1.807) is 5.51 Å². The summed E-state index contributed by atoms with van der Waals surface area (Å²) in [6.45, 7) is 1.92. The molecule has 2 aromatic heterocycles. The van der Waals surface area contributed by atoms with E-state index in [1.807, 2.05) is 4.90 Å². The van der Waals surface area contributed by atoms with E-state index in [0.29, 0.717) is 24.6 Å². The Morgan fingerprint density at radius 2 is 2.38 bits per heavy atom. The second kappa shape index (κ2) is 3.62. The fourth-order valence-corrected chi connectivity index (χ4v) is 2.43. The van der Waals surface area contributed by atoms with Crippen LogP contribution in [0.4, 0.5) is 0 Å². The first-order valence-electron chi connectivity index (χ1n) is 4.95. The molecule has 0 amide bonds. The van der Waals surface area contributed by atoms with E-state index < -0.39 is 0 Å². The average Bonchev–Trinajstić information content (AvgIpc) is 2.63. The number of fused-ring (bicyclic) bond motifs is 1. The van der Waals surface area contributed by atoms with Crippen LogP contribution in [0.2, 0.25) is 0 Å². The van der Waals surface area contributed by atoms with E-state index in [-0.39, 0.29) is 11.7 Å². The maximum absolute atomic E-state index is 11.6. The van der Waals surface area contributed by atoms with Gasteiger partial charge in [-0.1, -0.05) is 11.3 Å². The van der Waals surface area contributed by atoms with Gasteiger partial charge >= 0.3 is 0 Å². The Morgan fingerprint density at radius 1 is 1.56 bits per heavy atom. The van der Waals surface area contributed by atoms with Gasteiger partial charge in [-0.25, -0.2) is 4.98 Å². The molecule has 1 fully saturated rings. The highest BCUT2D eigenvalue weighted by atomic mass is 32.1. The second-order valence-electron chi connectivity index (χ2n) is 3.87. The lowest BCUT2D eigenvalue weighted by Crippen LogP contribution is -2.50. The van der Waals surface area contributed by atoms with Gasteiger partial charge in [0, 0.05) is 25.7 Å². The summed E-state index contributed by atoms with van der Waals surface area (Å²) >= 11 is 1.34. The van der Waals surface area contributed by atoms with Crippen LogP contribution in [-0.4, -0.2) is 43.8 Å². The van der Waals surface area contributed by atoms with Crippen molar-refractivity contribution in [3.05, 3.63) is 27.6 Å². The number of rotatable bonds is 2. The molecule has 7 heteroatoms. The fourth-order valence-electron chi connectivity index (χ4n) is 1.78. The summed E-state index contributed by atoms with van der Waals surface area (Å²) < 4.78 is 1.29. The van der Waals surface area contributed by atoms with Crippen LogP contribution in [0.25, 0.3) is 4.96 Å². The summed E-state index contributed by atoms with van der Waals surface area (Å²) in [4.78, 5) is 18.6. The summed E-state index contributed by atoms with van der Waals surface area (Å²) in [6.07, 6.45) is -0.228. The van der Waals surface area contributed by atoms with Crippen LogP contribution in [0.3, 0.4) is 0 Å². The van der Waals surface area contributed by atoms with Crippen molar-refractivity contribution in [2.45, 2.75) is 12.6 Å². The third kappa shape index (κ3) is 1.62. The minimum atomic E-state index is -0.228. The van der Waals surface area contributed by atoms with Crippen molar-refractivity contribution in [2.24, 2.45) is 0 Å². The molecule has 0 atom stereocenters. The van der Waals surface area contributed by atoms with Crippen LogP contribution in [0, 0.1) is 0 Å². The zero-order chi connectivity index (χ0) is 11.1. The predicted molar refractivity (Wildman–Crippen MR) is 58.4 cm³/mol. The van der Waals surface area contributed by atoms with Crippen molar-refractivity contribution >= 4 is 16.3 Å². The maximum atomic E-state index is 11.6. The number of hydrogen-bond acceptors (Lipinski definition) is 6. The zero-order valence-electron chi connectivity index (χ0n) is 8.41. The molecule has 16 heavy (non-hydrogen) atoms. The topological polar surface area (TPSA) is 70.7 Å². The highest BCUT2D eigenvalue weighted by Crippen LogP contribution is 2.12. The first-order chi connectivity index (χ1) is 7.72. The van der Waals surface area contributed by atoms with E-state index in [4.69, 9.17) is 5.11 Å². The Morgan fingerprint density at radius 3 is 3.12 bits per heavy atom. The Balaban J connectivity index is 1.89. The fraction of sp³-hybridized carbons (Fsp3) is 0.444. The standard InChI is InChI=1S/C9H10N4O2S/c14-7-3-12(4-7)2-6-1-8(15)13-9(11-6)16-5-10-13/h1,5,7,14H,2-4H2.